The minimum atomic E-state index is -4.05. The summed E-state index contributed by atoms with van der Waals surface area (Å²) >= 11 is 0. The fourth-order valence-electron chi connectivity index (χ4n) is 3.44. The molecule has 0 radical (unpaired) electrons. The molecule has 2 N–H and O–H groups in total. The molecule has 0 aromatic heterocycles. The van der Waals surface area contributed by atoms with Gasteiger partial charge in [0.05, 0.1) is 5.92 Å². The zero-order valence-corrected chi connectivity index (χ0v) is 13.5. The Labute approximate surface area is 126 Å². The van der Waals surface area contributed by atoms with Crippen molar-refractivity contribution in [1.82, 2.24) is 9.80 Å². The van der Waals surface area contributed by atoms with E-state index in [9.17, 15) is 13.2 Å². The van der Waals surface area contributed by atoms with Gasteiger partial charge in [0.15, 0.2) is 0 Å². The average molecular weight is 309 g/mol. The summed E-state index contributed by atoms with van der Waals surface area (Å²) in [6.45, 7) is 5.27. The van der Waals surface area contributed by atoms with E-state index in [1.54, 1.807) is 0 Å². The lowest BCUT2D eigenvalue weighted by molar-refractivity contribution is -0.188. The summed E-state index contributed by atoms with van der Waals surface area (Å²) in [5.41, 5.74) is 5.73. The molecule has 0 heterocycles. The smallest absolute Gasteiger partial charge is 0.329 e. The van der Waals surface area contributed by atoms with Gasteiger partial charge < -0.3 is 10.6 Å². The fraction of sp³-hybridized carbons (Fsp3) is 1.00. The van der Waals surface area contributed by atoms with Crippen LogP contribution in [0.15, 0.2) is 0 Å². The molecule has 0 spiro atoms. The van der Waals surface area contributed by atoms with Gasteiger partial charge in [-0.15, -0.1) is 0 Å². The van der Waals surface area contributed by atoms with Gasteiger partial charge in [0.2, 0.25) is 0 Å². The fourth-order valence-corrected chi connectivity index (χ4v) is 3.44. The van der Waals surface area contributed by atoms with Crippen molar-refractivity contribution < 1.29 is 13.2 Å². The molecule has 3 nitrogen and oxygen atoms in total. The maximum atomic E-state index is 12.8. The molecule has 1 rings (SSSR count). The molecular weight excluding hydrogens is 279 g/mol. The molecule has 1 aliphatic carbocycles. The Bertz CT molecular complexity index is 297. The van der Waals surface area contributed by atoms with Crippen molar-refractivity contribution in [3.8, 4) is 0 Å². The van der Waals surface area contributed by atoms with E-state index in [1.165, 1.54) is 0 Å². The number of nitrogens with zero attached hydrogens (tertiary/aromatic N) is 2. The van der Waals surface area contributed by atoms with E-state index >= 15 is 0 Å². The number of halogens is 3. The quantitative estimate of drug-likeness (QED) is 0.785. The van der Waals surface area contributed by atoms with Gasteiger partial charge in [-0.3, -0.25) is 4.90 Å². The SMILES string of the molecule is CCN(CCCN(C)C)C1(CN)CCC(C(F)(F)F)CC1. The zero-order chi connectivity index (χ0) is 16.1. The van der Waals surface area contributed by atoms with Crippen LogP contribution in [-0.4, -0.2) is 61.8 Å². The van der Waals surface area contributed by atoms with Crippen LogP contribution in [0.1, 0.15) is 39.0 Å². The Morgan fingerprint density at radius 1 is 1.14 bits per heavy atom. The maximum absolute atomic E-state index is 12.8. The van der Waals surface area contributed by atoms with Crippen molar-refractivity contribution in [3.05, 3.63) is 0 Å². The molecule has 1 fully saturated rings. The van der Waals surface area contributed by atoms with Crippen LogP contribution in [0.2, 0.25) is 0 Å². The minimum absolute atomic E-state index is 0.213. The highest BCUT2D eigenvalue weighted by molar-refractivity contribution is 4.96. The van der Waals surface area contributed by atoms with Crippen molar-refractivity contribution in [1.29, 1.82) is 0 Å². The van der Waals surface area contributed by atoms with Crippen molar-refractivity contribution in [2.45, 2.75) is 50.7 Å². The first-order chi connectivity index (χ1) is 9.75. The molecule has 0 aromatic carbocycles. The summed E-state index contributed by atoms with van der Waals surface area (Å²) < 4.78 is 38.5. The molecular formula is C15H30F3N3. The van der Waals surface area contributed by atoms with E-state index in [2.05, 4.69) is 16.7 Å². The highest BCUT2D eigenvalue weighted by Gasteiger charge is 2.46. The van der Waals surface area contributed by atoms with E-state index in [1.807, 2.05) is 14.1 Å². The average Bonchev–Trinajstić information content (AvgIpc) is 2.42. The van der Waals surface area contributed by atoms with Crippen LogP contribution in [0.3, 0.4) is 0 Å². The monoisotopic (exact) mass is 309 g/mol. The highest BCUT2D eigenvalue weighted by atomic mass is 19.4. The van der Waals surface area contributed by atoms with E-state index in [0.29, 0.717) is 19.4 Å². The largest absolute Gasteiger partial charge is 0.391 e. The van der Waals surface area contributed by atoms with E-state index in [-0.39, 0.29) is 18.4 Å². The van der Waals surface area contributed by atoms with Crippen molar-refractivity contribution >= 4 is 0 Å². The highest BCUT2D eigenvalue weighted by Crippen LogP contribution is 2.43. The van der Waals surface area contributed by atoms with E-state index in [0.717, 1.165) is 26.1 Å². The Hall–Kier alpha value is -0.330. The van der Waals surface area contributed by atoms with Crippen molar-refractivity contribution in [2.75, 3.05) is 40.3 Å². The van der Waals surface area contributed by atoms with Crippen LogP contribution in [0.25, 0.3) is 0 Å². The molecule has 0 bridgehead atoms. The molecule has 0 aliphatic heterocycles. The van der Waals surface area contributed by atoms with Gasteiger partial charge in [-0.1, -0.05) is 6.92 Å². The predicted molar refractivity (Wildman–Crippen MR) is 80.2 cm³/mol. The zero-order valence-electron chi connectivity index (χ0n) is 13.5. The van der Waals surface area contributed by atoms with Crippen LogP contribution in [0.5, 0.6) is 0 Å². The standard InChI is InChI=1S/C15H30F3N3/c1-4-21(11-5-10-20(2)3)14(12-19)8-6-13(7-9-14)15(16,17)18/h13H,4-12,19H2,1-3H3. The van der Waals surface area contributed by atoms with Crippen LogP contribution in [0.4, 0.5) is 13.2 Å². The molecule has 0 saturated heterocycles. The van der Waals surface area contributed by atoms with Crippen molar-refractivity contribution in [2.24, 2.45) is 11.7 Å². The number of rotatable bonds is 7. The van der Waals surface area contributed by atoms with Gasteiger partial charge in [-0.25, -0.2) is 0 Å². The van der Waals surface area contributed by atoms with E-state index in [4.69, 9.17) is 5.73 Å². The molecule has 21 heavy (non-hydrogen) atoms. The molecule has 126 valence electrons. The summed E-state index contributed by atoms with van der Waals surface area (Å²) in [6, 6.07) is 0. The molecule has 0 unspecified atom stereocenters. The number of hydrogen-bond acceptors (Lipinski definition) is 3. The predicted octanol–water partition coefficient (Wildman–Crippen LogP) is 2.71. The second-order valence-electron chi connectivity index (χ2n) is 6.48. The van der Waals surface area contributed by atoms with Gasteiger partial charge >= 0.3 is 6.18 Å². The Kier molecular flexibility index (Phi) is 6.94. The summed E-state index contributed by atoms with van der Waals surface area (Å²) in [7, 11) is 4.06. The topological polar surface area (TPSA) is 32.5 Å². The Morgan fingerprint density at radius 2 is 1.71 bits per heavy atom. The lowest BCUT2D eigenvalue weighted by Crippen LogP contribution is -2.56. The van der Waals surface area contributed by atoms with Crippen LogP contribution < -0.4 is 5.73 Å². The summed E-state index contributed by atoms with van der Waals surface area (Å²) in [4.78, 5) is 4.44. The molecule has 6 heteroatoms. The third kappa shape index (κ3) is 5.11. The van der Waals surface area contributed by atoms with Crippen LogP contribution in [0, 0.1) is 5.92 Å². The third-order valence-corrected chi connectivity index (χ3v) is 4.85. The third-order valence-electron chi connectivity index (χ3n) is 4.85. The summed E-state index contributed by atoms with van der Waals surface area (Å²) in [6.07, 6.45) is -1.49. The van der Waals surface area contributed by atoms with Gasteiger partial charge in [-0.2, -0.15) is 13.2 Å². The minimum Gasteiger partial charge on any atom is -0.329 e. The Balaban J connectivity index is 2.62. The lowest BCUT2D eigenvalue weighted by Gasteiger charge is -2.47. The first kappa shape index (κ1) is 18.7. The van der Waals surface area contributed by atoms with Crippen LogP contribution >= 0.6 is 0 Å². The van der Waals surface area contributed by atoms with Gasteiger partial charge in [0, 0.05) is 12.1 Å². The van der Waals surface area contributed by atoms with Gasteiger partial charge in [0.25, 0.3) is 0 Å². The first-order valence-electron chi connectivity index (χ1n) is 7.91. The normalized spacial score (nSPS) is 27.6. The molecule has 0 aromatic rings. The number of alkyl halides is 3. The molecule has 0 amide bonds. The second kappa shape index (κ2) is 7.79. The maximum Gasteiger partial charge on any atom is 0.391 e. The second-order valence-corrected chi connectivity index (χ2v) is 6.48. The van der Waals surface area contributed by atoms with Crippen LogP contribution in [-0.2, 0) is 0 Å². The first-order valence-corrected chi connectivity index (χ1v) is 7.91. The number of nitrogens with two attached hydrogens (primary N) is 1. The van der Waals surface area contributed by atoms with Gasteiger partial charge in [-0.05, 0) is 65.8 Å². The number of likely N-dealkylation sites (N-methyl/N-ethyl adjacent to an activating group) is 1. The molecule has 1 aliphatic rings. The summed E-state index contributed by atoms with van der Waals surface area (Å²) in [5.74, 6) is -1.14. The van der Waals surface area contributed by atoms with Crippen molar-refractivity contribution in [3.63, 3.8) is 0 Å². The molecule has 1 saturated carbocycles. The van der Waals surface area contributed by atoms with E-state index < -0.39 is 12.1 Å². The lowest BCUT2D eigenvalue weighted by atomic mass is 9.75. The summed E-state index contributed by atoms with van der Waals surface area (Å²) in [5, 5.41) is 0. The molecule has 0 atom stereocenters. The number of hydrogen-bond donors (Lipinski definition) is 1. The van der Waals surface area contributed by atoms with Gasteiger partial charge in [0.1, 0.15) is 0 Å². The Morgan fingerprint density at radius 3 is 2.10 bits per heavy atom.